The zero-order valence-corrected chi connectivity index (χ0v) is 17.6. The van der Waals surface area contributed by atoms with Gasteiger partial charge in [0, 0.05) is 23.1 Å². The summed E-state index contributed by atoms with van der Waals surface area (Å²) in [5.74, 6) is 1.40. The maximum atomic E-state index is 13.2. The summed E-state index contributed by atoms with van der Waals surface area (Å²) in [4.78, 5) is 17.9. The van der Waals surface area contributed by atoms with Crippen molar-refractivity contribution in [2.24, 2.45) is 0 Å². The van der Waals surface area contributed by atoms with E-state index in [1.165, 1.54) is 0 Å². The van der Waals surface area contributed by atoms with E-state index >= 15 is 0 Å². The maximum Gasteiger partial charge on any atom is 0.252 e. The normalized spacial score (nSPS) is 10.6. The van der Waals surface area contributed by atoms with Gasteiger partial charge in [-0.25, -0.2) is 4.98 Å². The monoisotopic (exact) mass is 412 g/mol. The van der Waals surface area contributed by atoms with Gasteiger partial charge in [-0.1, -0.05) is 36.4 Å². The Morgan fingerprint density at radius 3 is 2.48 bits per heavy atom. The molecule has 0 aliphatic carbocycles. The molecule has 1 N–H and O–H groups in total. The van der Waals surface area contributed by atoms with Crippen LogP contribution in [0.2, 0.25) is 0 Å². The van der Waals surface area contributed by atoms with Crippen LogP contribution in [-0.4, -0.2) is 24.6 Å². The third-order valence-corrected chi connectivity index (χ3v) is 5.05. The zero-order valence-electron chi connectivity index (χ0n) is 17.6. The fourth-order valence-corrected chi connectivity index (χ4v) is 3.52. The molecule has 0 bridgehead atoms. The summed E-state index contributed by atoms with van der Waals surface area (Å²) in [7, 11) is 1.63. The minimum absolute atomic E-state index is 0.156. The van der Waals surface area contributed by atoms with Gasteiger partial charge in [-0.05, 0) is 49.4 Å². The second-order valence-electron chi connectivity index (χ2n) is 7.02. The Morgan fingerprint density at radius 1 is 0.968 bits per heavy atom. The van der Waals surface area contributed by atoms with E-state index in [0.29, 0.717) is 18.7 Å². The highest BCUT2D eigenvalue weighted by Gasteiger charge is 2.14. The summed E-state index contributed by atoms with van der Waals surface area (Å²) in [6, 6.07) is 24.9. The van der Waals surface area contributed by atoms with Crippen molar-refractivity contribution in [3.63, 3.8) is 0 Å². The van der Waals surface area contributed by atoms with Crippen LogP contribution in [0.1, 0.15) is 22.8 Å². The number of nitrogens with zero attached hydrogens (tertiary/aromatic N) is 1. The third-order valence-electron chi connectivity index (χ3n) is 5.05. The molecule has 0 radical (unpaired) electrons. The average molecular weight is 412 g/mol. The lowest BCUT2D eigenvalue weighted by Gasteiger charge is -2.12. The lowest BCUT2D eigenvalue weighted by Crippen LogP contribution is -2.23. The van der Waals surface area contributed by atoms with Crippen molar-refractivity contribution in [3.8, 4) is 22.8 Å². The van der Waals surface area contributed by atoms with Crippen LogP contribution in [0.5, 0.6) is 11.5 Å². The third kappa shape index (κ3) is 4.51. The highest BCUT2D eigenvalue weighted by molar-refractivity contribution is 6.07. The quantitative estimate of drug-likeness (QED) is 0.451. The molecule has 0 atom stereocenters. The lowest BCUT2D eigenvalue weighted by atomic mass is 10.0. The van der Waals surface area contributed by atoms with Gasteiger partial charge in [0.1, 0.15) is 11.5 Å². The number of hydrogen-bond donors (Lipinski definition) is 1. The Labute approximate surface area is 181 Å². The number of para-hydroxylation sites is 2. The van der Waals surface area contributed by atoms with E-state index < -0.39 is 0 Å². The Morgan fingerprint density at radius 2 is 1.71 bits per heavy atom. The first-order chi connectivity index (χ1) is 15.2. The Balaban J connectivity index is 1.66. The first kappa shape index (κ1) is 20.4. The van der Waals surface area contributed by atoms with E-state index in [1.54, 1.807) is 7.11 Å². The zero-order chi connectivity index (χ0) is 21.6. The van der Waals surface area contributed by atoms with Crippen LogP contribution < -0.4 is 14.8 Å². The molecular weight excluding hydrogens is 388 g/mol. The molecule has 0 spiro atoms. The first-order valence-corrected chi connectivity index (χ1v) is 10.2. The van der Waals surface area contributed by atoms with Crippen molar-refractivity contribution < 1.29 is 14.3 Å². The molecule has 0 saturated carbocycles. The fraction of sp³-hybridized carbons (Fsp3) is 0.154. The summed E-state index contributed by atoms with van der Waals surface area (Å²) in [5.41, 5.74) is 3.95. The molecule has 4 rings (SSSR count). The van der Waals surface area contributed by atoms with Gasteiger partial charge in [-0.3, -0.25) is 4.79 Å². The number of pyridine rings is 1. The minimum Gasteiger partial charge on any atom is -0.496 e. The van der Waals surface area contributed by atoms with Crippen LogP contribution >= 0.6 is 0 Å². The van der Waals surface area contributed by atoms with Gasteiger partial charge < -0.3 is 14.8 Å². The number of carbonyl (C=O) groups excluding carboxylic acids is 1. The van der Waals surface area contributed by atoms with E-state index in [2.05, 4.69) is 5.32 Å². The molecule has 1 amide bonds. The van der Waals surface area contributed by atoms with Crippen LogP contribution in [0, 0.1) is 0 Å². The number of nitrogens with one attached hydrogen (secondary N) is 1. The molecule has 1 heterocycles. The molecule has 1 aromatic heterocycles. The summed E-state index contributed by atoms with van der Waals surface area (Å²) >= 11 is 0. The van der Waals surface area contributed by atoms with Crippen molar-refractivity contribution in [1.82, 2.24) is 10.3 Å². The number of amides is 1. The van der Waals surface area contributed by atoms with Crippen LogP contribution in [0.15, 0.2) is 78.9 Å². The number of methoxy groups -OCH3 is 1. The van der Waals surface area contributed by atoms with Gasteiger partial charge in [-0.15, -0.1) is 0 Å². The first-order valence-electron chi connectivity index (χ1n) is 10.2. The number of benzene rings is 3. The summed E-state index contributed by atoms with van der Waals surface area (Å²) in [5, 5.41) is 3.83. The largest absolute Gasteiger partial charge is 0.496 e. The SMILES string of the molecule is CCOc1ccc(-c2cc(C(=O)NCc3ccccc3OC)c3ccccc3n2)cc1. The molecule has 156 valence electrons. The number of hydrogen-bond acceptors (Lipinski definition) is 4. The topological polar surface area (TPSA) is 60.5 Å². The summed E-state index contributed by atoms with van der Waals surface area (Å²) in [6.45, 7) is 2.94. The Kier molecular flexibility index (Phi) is 6.13. The van der Waals surface area contributed by atoms with E-state index in [-0.39, 0.29) is 5.91 Å². The van der Waals surface area contributed by atoms with Gasteiger partial charge in [0.25, 0.3) is 5.91 Å². The van der Waals surface area contributed by atoms with Crippen molar-refractivity contribution in [1.29, 1.82) is 0 Å². The summed E-state index contributed by atoms with van der Waals surface area (Å²) < 4.78 is 10.9. The van der Waals surface area contributed by atoms with Crippen LogP contribution in [0.3, 0.4) is 0 Å². The van der Waals surface area contributed by atoms with Gasteiger partial charge in [0.15, 0.2) is 0 Å². The molecule has 0 aliphatic rings. The fourth-order valence-electron chi connectivity index (χ4n) is 3.52. The molecule has 0 fully saturated rings. The average Bonchev–Trinajstić information content (AvgIpc) is 2.82. The Hall–Kier alpha value is -3.86. The van der Waals surface area contributed by atoms with E-state index in [1.807, 2.05) is 85.8 Å². The highest BCUT2D eigenvalue weighted by atomic mass is 16.5. The number of carbonyl (C=O) groups is 1. The van der Waals surface area contributed by atoms with Gasteiger partial charge in [0.2, 0.25) is 0 Å². The van der Waals surface area contributed by atoms with E-state index in [4.69, 9.17) is 14.5 Å². The molecule has 31 heavy (non-hydrogen) atoms. The standard InChI is InChI=1S/C26H24N2O3/c1-3-31-20-14-12-18(13-15-20)24-16-22(21-9-5-6-10-23(21)28-24)26(29)27-17-19-8-4-7-11-25(19)30-2/h4-16H,3,17H2,1-2H3,(H,27,29). The number of aromatic nitrogens is 1. The minimum atomic E-state index is -0.156. The van der Waals surface area contributed by atoms with Crippen LogP contribution in [-0.2, 0) is 6.54 Å². The van der Waals surface area contributed by atoms with Gasteiger partial charge in [0.05, 0.1) is 30.5 Å². The van der Waals surface area contributed by atoms with Crippen molar-refractivity contribution in [2.45, 2.75) is 13.5 Å². The predicted molar refractivity (Wildman–Crippen MR) is 123 cm³/mol. The molecule has 5 heteroatoms. The summed E-state index contributed by atoms with van der Waals surface area (Å²) in [6.07, 6.45) is 0. The second kappa shape index (κ2) is 9.30. The maximum absolute atomic E-state index is 13.2. The molecule has 0 unspecified atom stereocenters. The predicted octanol–water partition coefficient (Wildman–Crippen LogP) is 5.24. The van der Waals surface area contributed by atoms with Crippen molar-refractivity contribution in [3.05, 3.63) is 90.0 Å². The molecule has 4 aromatic rings. The van der Waals surface area contributed by atoms with Crippen LogP contribution in [0.25, 0.3) is 22.2 Å². The number of rotatable bonds is 7. The molecular formula is C26H24N2O3. The second-order valence-corrected chi connectivity index (χ2v) is 7.02. The molecule has 0 saturated heterocycles. The number of fused-ring (bicyclic) bond motifs is 1. The molecule has 0 aliphatic heterocycles. The van der Waals surface area contributed by atoms with E-state index in [9.17, 15) is 4.79 Å². The Bertz CT molecular complexity index is 1200. The molecule has 3 aromatic carbocycles. The van der Waals surface area contributed by atoms with Crippen LogP contribution in [0.4, 0.5) is 0 Å². The van der Waals surface area contributed by atoms with Crippen molar-refractivity contribution >= 4 is 16.8 Å². The highest BCUT2D eigenvalue weighted by Crippen LogP contribution is 2.27. The van der Waals surface area contributed by atoms with Gasteiger partial charge >= 0.3 is 0 Å². The van der Waals surface area contributed by atoms with E-state index in [0.717, 1.165) is 39.2 Å². The van der Waals surface area contributed by atoms with Gasteiger partial charge in [-0.2, -0.15) is 0 Å². The molecule has 5 nitrogen and oxygen atoms in total. The smallest absolute Gasteiger partial charge is 0.252 e. The number of ether oxygens (including phenoxy) is 2. The van der Waals surface area contributed by atoms with Crippen molar-refractivity contribution in [2.75, 3.05) is 13.7 Å². The lowest BCUT2D eigenvalue weighted by molar-refractivity contribution is 0.0952.